The Kier molecular flexibility index (Phi) is 9.81. The molecule has 12 heteroatoms. The Labute approximate surface area is 264 Å². The molecule has 1 atom stereocenters. The SMILES string of the molecule is Cc1cc(C)c(N2CCCS/C2=N\C(=O)NCCC(C)c2ccc(-c3ncn(-c4ccc(OC(F)(F)F)cc4)n3)cc2)c(C)c1. The van der Waals surface area contributed by atoms with E-state index in [0.29, 0.717) is 18.1 Å². The standard InChI is InChI=1S/C33H35F3N6O2S/c1-21-18-23(3)29(24(4)19-21)41-16-5-17-45-32(41)39-31(43)37-15-14-22(2)25-6-8-26(9-7-25)30-38-20-42(40-30)27-10-12-28(13-11-27)44-33(34,35)36/h6-13,18-20,22H,5,14-17H2,1-4H3,(H,37,43)/b39-32-. The van der Waals surface area contributed by atoms with Crippen molar-refractivity contribution in [2.75, 3.05) is 23.7 Å². The highest BCUT2D eigenvalue weighted by Gasteiger charge is 2.31. The van der Waals surface area contributed by atoms with E-state index in [1.54, 1.807) is 11.8 Å². The number of nitrogens with one attached hydrogen (secondary N) is 1. The number of aliphatic imine (C=N–C) groups is 1. The highest BCUT2D eigenvalue weighted by Crippen LogP contribution is 2.32. The monoisotopic (exact) mass is 636 g/mol. The van der Waals surface area contributed by atoms with Crippen LogP contribution in [0.25, 0.3) is 17.1 Å². The van der Waals surface area contributed by atoms with Crippen LogP contribution < -0.4 is 15.0 Å². The van der Waals surface area contributed by atoms with Gasteiger partial charge in [-0.2, -0.15) is 4.99 Å². The number of alkyl halides is 3. The first-order chi connectivity index (χ1) is 21.5. The molecule has 2 heterocycles. The third-order valence-corrected chi connectivity index (χ3v) is 8.57. The van der Waals surface area contributed by atoms with Gasteiger partial charge < -0.3 is 15.0 Å². The summed E-state index contributed by atoms with van der Waals surface area (Å²) in [7, 11) is 0. The molecule has 1 N–H and O–H groups in total. The van der Waals surface area contributed by atoms with E-state index in [9.17, 15) is 18.0 Å². The van der Waals surface area contributed by atoms with E-state index in [1.165, 1.54) is 52.0 Å². The molecule has 8 nitrogen and oxygen atoms in total. The van der Waals surface area contributed by atoms with E-state index in [-0.39, 0.29) is 17.7 Å². The van der Waals surface area contributed by atoms with Gasteiger partial charge in [0.25, 0.3) is 0 Å². The maximum atomic E-state index is 12.8. The summed E-state index contributed by atoms with van der Waals surface area (Å²) in [5, 5.41) is 8.16. The zero-order chi connectivity index (χ0) is 32.1. The van der Waals surface area contributed by atoms with Crippen molar-refractivity contribution < 1.29 is 22.7 Å². The third kappa shape index (κ3) is 8.24. The van der Waals surface area contributed by atoms with Crippen molar-refractivity contribution in [3.8, 4) is 22.8 Å². The van der Waals surface area contributed by atoms with Crippen molar-refractivity contribution in [2.45, 2.75) is 52.8 Å². The lowest BCUT2D eigenvalue weighted by Gasteiger charge is -2.32. The average Bonchev–Trinajstić information content (AvgIpc) is 3.48. The molecule has 0 spiro atoms. The van der Waals surface area contributed by atoms with Crippen molar-refractivity contribution in [1.82, 2.24) is 20.1 Å². The van der Waals surface area contributed by atoms with Crippen molar-refractivity contribution in [3.63, 3.8) is 0 Å². The third-order valence-electron chi connectivity index (χ3n) is 7.51. The Morgan fingerprint density at radius 3 is 2.42 bits per heavy atom. The normalized spacial score (nSPS) is 15.3. The van der Waals surface area contributed by atoms with Crippen LogP contribution in [-0.4, -0.2) is 51.2 Å². The van der Waals surface area contributed by atoms with E-state index in [2.05, 4.69) is 69.9 Å². The second kappa shape index (κ2) is 13.8. The van der Waals surface area contributed by atoms with Gasteiger partial charge in [0.15, 0.2) is 11.0 Å². The lowest BCUT2D eigenvalue weighted by Crippen LogP contribution is -2.37. The number of hydrogen-bond acceptors (Lipinski definition) is 5. The van der Waals surface area contributed by atoms with Gasteiger partial charge in [0.1, 0.15) is 12.1 Å². The first kappa shape index (κ1) is 32.1. The molecule has 2 amide bonds. The summed E-state index contributed by atoms with van der Waals surface area (Å²) in [6.45, 7) is 9.73. The minimum Gasteiger partial charge on any atom is -0.406 e. The Morgan fingerprint density at radius 1 is 1.07 bits per heavy atom. The van der Waals surface area contributed by atoms with Crippen LogP contribution in [0.4, 0.5) is 23.7 Å². The molecule has 0 aliphatic carbocycles. The lowest BCUT2D eigenvalue weighted by atomic mass is 9.96. The maximum absolute atomic E-state index is 12.8. The molecule has 1 aromatic heterocycles. The average molecular weight is 637 g/mol. The van der Waals surface area contributed by atoms with Crippen molar-refractivity contribution >= 4 is 28.6 Å². The summed E-state index contributed by atoms with van der Waals surface area (Å²) < 4.78 is 42.7. The zero-order valence-electron chi connectivity index (χ0n) is 25.6. The zero-order valence-corrected chi connectivity index (χ0v) is 26.4. The number of anilines is 1. The summed E-state index contributed by atoms with van der Waals surface area (Å²) in [6.07, 6.45) is -1.47. The number of thioether (sulfide) groups is 1. The molecule has 0 saturated carbocycles. The van der Waals surface area contributed by atoms with E-state index in [4.69, 9.17) is 0 Å². The number of carbonyl (C=O) groups excluding carboxylic acids is 1. The van der Waals surface area contributed by atoms with Crippen molar-refractivity contribution in [3.05, 3.63) is 89.2 Å². The molecule has 1 saturated heterocycles. The highest BCUT2D eigenvalue weighted by molar-refractivity contribution is 8.14. The van der Waals surface area contributed by atoms with Gasteiger partial charge in [0.05, 0.1) is 5.69 Å². The fourth-order valence-corrected chi connectivity index (χ4v) is 6.37. The number of hydrogen-bond donors (Lipinski definition) is 1. The number of aromatic nitrogens is 3. The lowest BCUT2D eigenvalue weighted by molar-refractivity contribution is -0.274. The molecule has 5 rings (SSSR count). The van der Waals surface area contributed by atoms with Gasteiger partial charge in [-0.3, -0.25) is 0 Å². The Bertz CT molecular complexity index is 1650. The van der Waals surface area contributed by atoms with Gasteiger partial charge in [-0.1, -0.05) is 60.6 Å². The largest absolute Gasteiger partial charge is 0.573 e. The molecule has 0 radical (unpaired) electrons. The first-order valence-electron chi connectivity index (χ1n) is 14.7. The highest BCUT2D eigenvalue weighted by atomic mass is 32.2. The van der Waals surface area contributed by atoms with Crippen LogP contribution >= 0.6 is 11.8 Å². The van der Waals surface area contributed by atoms with Gasteiger partial charge in [-0.05, 0) is 80.5 Å². The van der Waals surface area contributed by atoms with E-state index >= 15 is 0 Å². The number of halogens is 3. The summed E-state index contributed by atoms with van der Waals surface area (Å²) in [4.78, 5) is 23.8. The predicted octanol–water partition coefficient (Wildman–Crippen LogP) is 7.96. The molecule has 1 fully saturated rings. The molecular formula is C33H35F3N6O2S. The number of amides is 2. The minimum absolute atomic E-state index is 0.188. The van der Waals surface area contributed by atoms with E-state index < -0.39 is 6.36 Å². The summed E-state index contributed by atoms with van der Waals surface area (Å²) in [5.41, 5.74) is 7.18. The number of amidine groups is 1. The number of rotatable bonds is 8. The van der Waals surface area contributed by atoms with Crippen LogP contribution in [-0.2, 0) is 0 Å². The quantitative estimate of drug-likeness (QED) is 0.211. The summed E-state index contributed by atoms with van der Waals surface area (Å²) in [6, 6.07) is 17.3. The number of urea groups is 1. The molecule has 1 aliphatic rings. The van der Waals surface area contributed by atoms with Gasteiger partial charge in [-0.15, -0.1) is 18.3 Å². The van der Waals surface area contributed by atoms with Crippen LogP contribution in [0.5, 0.6) is 5.75 Å². The van der Waals surface area contributed by atoms with Gasteiger partial charge in [0.2, 0.25) is 0 Å². The Hall–Kier alpha value is -4.32. The fourth-order valence-electron chi connectivity index (χ4n) is 5.43. The van der Waals surface area contributed by atoms with Crippen LogP contribution in [0.2, 0.25) is 0 Å². The molecule has 1 aliphatic heterocycles. The molecular weight excluding hydrogens is 601 g/mol. The first-order valence-corrected chi connectivity index (χ1v) is 15.7. The van der Waals surface area contributed by atoms with Crippen LogP contribution in [0.15, 0.2) is 72.0 Å². The number of aryl methyl sites for hydroxylation is 3. The number of carbonyl (C=O) groups is 1. The van der Waals surface area contributed by atoms with Crippen LogP contribution in [0, 0.1) is 20.8 Å². The molecule has 1 unspecified atom stereocenters. The van der Waals surface area contributed by atoms with Crippen molar-refractivity contribution in [2.24, 2.45) is 4.99 Å². The van der Waals surface area contributed by atoms with E-state index in [1.807, 2.05) is 24.3 Å². The minimum atomic E-state index is -4.74. The summed E-state index contributed by atoms with van der Waals surface area (Å²) in [5.74, 6) is 1.31. The second-order valence-corrected chi connectivity index (χ2v) is 12.2. The van der Waals surface area contributed by atoms with E-state index in [0.717, 1.165) is 47.1 Å². The number of ether oxygens (including phenoxy) is 1. The number of nitrogens with zero attached hydrogens (tertiary/aromatic N) is 5. The maximum Gasteiger partial charge on any atom is 0.573 e. The topological polar surface area (TPSA) is 84.6 Å². The van der Waals surface area contributed by atoms with Crippen molar-refractivity contribution in [1.29, 1.82) is 0 Å². The predicted molar refractivity (Wildman–Crippen MR) is 172 cm³/mol. The van der Waals surface area contributed by atoms with Gasteiger partial charge >= 0.3 is 12.4 Å². The molecule has 0 bridgehead atoms. The fraction of sp³-hybridized carbons (Fsp3) is 0.333. The molecule has 45 heavy (non-hydrogen) atoms. The molecule has 236 valence electrons. The summed E-state index contributed by atoms with van der Waals surface area (Å²) >= 11 is 1.62. The Balaban J connectivity index is 1.15. The van der Waals surface area contributed by atoms with Crippen LogP contribution in [0.1, 0.15) is 47.9 Å². The smallest absolute Gasteiger partial charge is 0.406 e. The van der Waals surface area contributed by atoms with Crippen LogP contribution in [0.3, 0.4) is 0 Å². The molecule has 4 aromatic rings. The number of benzene rings is 3. The second-order valence-electron chi connectivity index (χ2n) is 11.1. The molecule has 3 aromatic carbocycles. The van der Waals surface area contributed by atoms with Gasteiger partial charge in [-0.25, -0.2) is 14.5 Å². The van der Waals surface area contributed by atoms with Gasteiger partial charge in [0, 0.05) is 30.1 Å². The Morgan fingerprint density at radius 2 is 1.76 bits per heavy atom.